The van der Waals surface area contributed by atoms with Gasteiger partial charge >= 0.3 is 0 Å². The van der Waals surface area contributed by atoms with E-state index < -0.39 is 0 Å². The molecule has 1 saturated heterocycles. The van der Waals surface area contributed by atoms with Crippen LogP contribution in [0.1, 0.15) is 16.1 Å². The Hall–Kier alpha value is -3.17. The van der Waals surface area contributed by atoms with Crippen LogP contribution in [-0.4, -0.2) is 54.5 Å². The topological polar surface area (TPSA) is 62.7 Å². The van der Waals surface area contributed by atoms with Crippen LogP contribution in [0.5, 0.6) is 0 Å². The van der Waals surface area contributed by atoms with Gasteiger partial charge in [-0.1, -0.05) is 18.1 Å². The van der Waals surface area contributed by atoms with Gasteiger partial charge in [-0.05, 0) is 30.3 Å². The molecule has 0 atom stereocenters. The number of pyridine rings is 1. The first-order valence-electron chi connectivity index (χ1n) is 8.34. The van der Waals surface area contributed by atoms with E-state index in [2.05, 4.69) is 10.9 Å². The average Bonchev–Trinajstić information content (AvgIpc) is 2.72. The molecule has 0 radical (unpaired) electrons. The number of hydrogen-bond acceptors (Lipinski definition) is 4. The number of ether oxygens (including phenoxy) is 1. The maximum Gasteiger partial charge on any atom is 0.277 e. The second kappa shape index (κ2) is 8.28. The van der Waals surface area contributed by atoms with E-state index in [4.69, 9.17) is 11.2 Å². The zero-order chi connectivity index (χ0) is 18.4. The highest BCUT2D eigenvalue weighted by molar-refractivity contribution is 6.07. The van der Waals surface area contributed by atoms with E-state index in [-0.39, 0.29) is 24.1 Å². The first kappa shape index (κ1) is 17.6. The highest BCUT2D eigenvalue weighted by Crippen LogP contribution is 2.19. The van der Waals surface area contributed by atoms with E-state index in [1.54, 1.807) is 53.6 Å². The fourth-order valence-corrected chi connectivity index (χ4v) is 2.72. The Morgan fingerprint density at radius 1 is 1.19 bits per heavy atom. The molecular weight excluding hydrogens is 330 g/mol. The zero-order valence-corrected chi connectivity index (χ0v) is 14.3. The Balaban J connectivity index is 1.89. The summed E-state index contributed by atoms with van der Waals surface area (Å²) in [7, 11) is 0. The molecule has 0 N–H and O–H groups in total. The van der Waals surface area contributed by atoms with Crippen molar-refractivity contribution >= 4 is 17.5 Å². The molecule has 1 aromatic carbocycles. The van der Waals surface area contributed by atoms with Gasteiger partial charge in [-0.25, -0.2) is 0 Å². The highest BCUT2D eigenvalue weighted by atomic mass is 16.5. The fourth-order valence-electron chi connectivity index (χ4n) is 2.72. The summed E-state index contributed by atoms with van der Waals surface area (Å²) in [6, 6.07) is 12.1. The van der Waals surface area contributed by atoms with Crippen molar-refractivity contribution < 1.29 is 14.3 Å². The fraction of sp³-hybridized carbons (Fsp3) is 0.250. The molecule has 1 aromatic heterocycles. The molecule has 2 amide bonds. The van der Waals surface area contributed by atoms with Gasteiger partial charge in [-0.2, -0.15) is 0 Å². The third-order valence-corrected chi connectivity index (χ3v) is 4.11. The Morgan fingerprint density at radius 2 is 2.00 bits per heavy atom. The van der Waals surface area contributed by atoms with E-state index in [9.17, 15) is 9.59 Å². The lowest BCUT2D eigenvalue weighted by Crippen LogP contribution is -2.47. The normalized spacial score (nSPS) is 13.7. The van der Waals surface area contributed by atoms with Crippen LogP contribution in [0.15, 0.2) is 48.7 Å². The number of carbonyl (C=O) groups excluding carboxylic acids is 2. The summed E-state index contributed by atoms with van der Waals surface area (Å²) in [5.41, 5.74) is 1.48. The number of amides is 2. The standard InChI is InChI=1S/C20H19N3O3/c1-2-16-6-5-7-17(14-16)23(20(25)18-8-3-4-9-21-18)15-19(24)22-10-12-26-13-11-22/h1,3-9,14H,10-13,15H2. The van der Waals surface area contributed by atoms with Crippen LogP contribution in [0.25, 0.3) is 0 Å². The van der Waals surface area contributed by atoms with Gasteiger partial charge in [0, 0.05) is 30.5 Å². The van der Waals surface area contributed by atoms with Crippen molar-refractivity contribution in [1.82, 2.24) is 9.88 Å². The van der Waals surface area contributed by atoms with E-state index in [0.717, 1.165) is 0 Å². The van der Waals surface area contributed by atoms with Crippen molar-refractivity contribution in [2.45, 2.75) is 0 Å². The molecule has 1 fully saturated rings. The first-order valence-corrected chi connectivity index (χ1v) is 8.34. The van der Waals surface area contributed by atoms with Crippen molar-refractivity contribution in [3.05, 3.63) is 59.9 Å². The molecule has 0 saturated carbocycles. The summed E-state index contributed by atoms with van der Waals surface area (Å²) in [5, 5.41) is 0. The highest BCUT2D eigenvalue weighted by Gasteiger charge is 2.25. The number of nitrogens with zero attached hydrogens (tertiary/aromatic N) is 3. The molecule has 0 spiro atoms. The smallest absolute Gasteiger partial charge is 0.277 e. The van der Waals surface area contributed by atoms with Crippen LogP contribution in [0, 0.1) is 12.3 Å². The van der Waals surface area contributed by atoms with Gasteiger partial charge in [-0.3, -0.25) is 19.5 Å². The van der Waals surface area contributed by atoms with Gasteiger partial charge in [-0.15, -0.1) is 6.42 Å². The van der Waals surface area contributed by atoms with Gasteiger partial charge in [0.05, 0.1) is 13.2 Å². The van der Waals surface area contributed by atoms with Crippen molar-refractivity contribution in [3.8, 4) is 12.3 Å². The number of anilines is 1. The minimum Gasteiger partial charge on any atom is -0.378 e. The van der Waals surface area contributed by atoms with Crippen LogP contribution in [-0.2, 0) is 9.53 Å². The van der Waals surface area contributed by atoms with E-state index in [0.29, 0.717) is 37.6 Å². The number of terminal acetylenes is 1. The maximum atomic E-state index is 13.0. The van der Waals surface area contributed by atoms with E-state index in [1.165, 1.54) is 4.90 Å². The molecule has 1 aliphatic rings. The molecule has 1 aliphatic heterocycles. The monoisotopic (exact) mass is 349 g/mol. The summed E-state index contributed by atoms with van der Waals surface area (Å²) < 4.78 is 5.28. The van der Waals surface area contributed by atoms with Crippen LogP contribution >= 0.6 is 0 Å². The number of hydrogen-bond donors (Lipinski definition) is 0. The largest absolute Gasteiger partial charge is 0.378 e. The summed E-state index contributed by atoms with van der Waals surface area (Å²) >= 11 is 0. The summed E-state index contributed by atoms with van der Waals surface area (Å²) in [5.74, 6) is 2.07. The number of carbonyl (C=O) groups is 2. The summed E-state index contributed by atoms with van der Waals surface area (Å²) in [4.78, 5) is 32.9. The molecule has 2 heterocycles. The third kappa shape index (κ3) is 4.08. The van der Waals surface area contributed by atoms with Crippen LogP contribution < -0.4 is 4.90 Å². The molecule has 6 nitrogen and oxygen atoms in total. The number of morpholine rings is 1. The van der Waals surface area contributed by atoms with Crippen molar-refractivity contribution in [2.24, 2.45) is 0 Å². The lowest BCUT2D eigenvalue weighted by molar-refractivity contribution is -0.133. The maximum absolute atomic E-state index is 13.0. The average molecular weight is 349 g/mol. The van der Waals surface area contributed by atoms with Gasteiger partial charge in [0.15, 0.2) is 0 Å². The predicted molar refractivity (Wildman–Crippen MR) is 97.7 cm³/mol. The minimum absolute atomic E-state index is 0.0799. The molecule has 0 bridgehead atoms. The first-order chi connectivity index (χ1) is 12.7. The van der Waals surface area contributed by atoms with E-state index in [1.807, 2.05) is 0 Å². The van der Waals surface area contributed by atoms with Crippen molar-refractivity contribution in [2.75, 3.05) is 37.7 Å². The second-order valence-corrected chi connectivity index (χ2v) is 5.79. The van der Waals surface area contributed by atoms with Crippen LogP contribution in [0.2, 0.25) is 0 Å². The van der Waals surface area contributed by atoms with Gasteiger partial charge < -0.3 is 9.64 Å². The van der Waals surface area contributed by atoms with Gasteiger partial charge in [0.2, 0.25) is 5.91 Å². The second-order valence-electron chi connectivity index (χ2n) is 5.79. The van der Waals surface area contributed by atoms with Crippen molar-refractivity contribution in [3.63, 3.8) is 0 Å². The lowest BCUT2D eigenvalue weighted by Gasteiger charge is -2.30. The Bertz CT molecular complexity index is 824. The molecule has 26 heavy (non-hydrogen) atoms. The molecule has 0 aliphatic carbocycles. The quantitative estimate of drug-likeness (QED) is 0.786. The van der Waals surface area contributed by atoms with Crippen molar-refractivity contribution in [1.29, 1.82) is 0 Å². The minimum atomic E-state index is -0.346. The number of benzene rings is 1. The molecule has 2 aromatic rings. The molecule has 6 heteroatoms. The number of aromatic nitrogens is 1. The predicted octanol–water partition coefficient (Wildman–Crippen LogP) is 1.57. The summed E-state index contributed by atoms with van der Waals surface area (Å²) in [6.45, 7) is 1.98. The Kier molecular flexibility index (Phi) is 5.62. The molecular formula is C20H19N3O3. The van der Waals surface area contributed by atoms with Gasteiger partial charge in [0.1, 0.15) is 12.2 Å². The lowest BCUT2D eigenvalue weighted by atomic mass is 10.1. The third-order valence-electron chi connectivity index (χ3n) is 4.11. The SMILES string of the molecule is C#Cc1cccc(N(CC(=O)N2CCOCC2)C(=O)c2ccccn2)c1. The van der Waals surface area contributed by atoms with Gasteiger partial charge in [0.25, 0.3) is 5.91 Å². The molecule has 0 unspecified atom stereocenters. The molecule has 3 rings (SSSR count). The summed E-state index contributed by atoms with van der Waals surface area (Å²) in [6.07, 6.45) is 7.02. The van der Waals surface area contributed by atoms with Crippen LogP contribution in [0.3, 0.4) is 0 Å². The molecule has 132 valence electrons. The van der Waals surface area contributed by atoms with E-state index >= 15 is 0 Å². The zero-order valence-electron chi connectivity index (χ0n) is 14.3. The Morgan fingerprint density at radius 3 is 2.69 bits per heavy atom. The number of rotatable bonds is 4. The Labute approximate surface area is 152 Å². The van der Waals surface area contributed by atoms with Crippen LogP contribution in [0.4, 0.5) is 5.69 Å².